The number of aryl methyl sites for hydroxylation is 2. The summed E-state index contributed by atoms with van der Waals surface area (Å²) in [7, 11) is 1.47. The van der Waals surface area contributed by atoms with Gasteiger partial charge >= 0.3 is 0 Å². The summed E-state index contributed by atoms with van der Waals surface area (Å²) in [5, 5.41) is 10.7. The highest BCUT2D eigenvalue weighted by atomic mass is 35.7. The average molecular weight is 317 g/mol. The van der Waals surface area contributed by atoms with Gasteiger partial charge in [-0.3, -0.25) is 4.79 Å². The molecule has 0 atom stereocenters. The number of carbonyl (C=O) groups is 1. The topological polar surface area (TPSA) is 96.3 Å². The Morgan fingerprint density at radius 3 is 2.40 bits per heavy atom. The molecular formula is C12H13ClN2O4S. The fraction of sp³-hybridized carbons (Fsp3) is 0.333. The molecule has 0 aliphatic rings. The third-order valence-electron chi connectivity index (χ3n) is 2.43. The Labute approximate surface area is 121 Å². The summed E-state index contributed by atoms with van der Waals surface area (Å²) >= 11 is 0. The summed E-state index contributed by atoms with van der Waals surface area (Å²) in [4.78, 5) is 11.3. The molecule has 1 aromatic carbocycles. The van der Waals surface area contributed by atoms with Crippen LogP contribution in [-0.4, -0.2) is 27.5 Å². The van der Waals surface area contributed by atoms with Gasteiger partial charge in [0, 0.05) is 10.7 Å². The van der Waals surface area contributed by atoms with Gasteiger partial charge in [0.05, 0.1) is 11.0 Å². The van der Waals surface area contributed by atoms with Gasteiger partial charge in [0.1, 0.15) is 12.3 Å². The van der Waals surface area contributed by atoms with Crippen molar-refractivity contribution in [3.63, 3.8) is 0 Å². The predicted molar refractivity (Wildman–Crippen MR) is 73.1 cm³/mol. The molecule has 0 fully saturated rings. The van der Waals surface area contributed by atoms with Crippen molar-refractivity contribution in [2.45, 2.75) is 18.7 Å². The van der Waals surface area contributed by atoms with Crippen LogP contribution in [0.1, 0.15) is 11.1 Å². The van der Waals surface area contributed by atoms with Crippen molar-refractivity contribution in [2.24, 2.45) is 0 Å². The van der Waals surface area contributed by atoms with E-state index in [2.05, 4.69) is 5.32 Å². The second kappa shape index (κ2) is 6.59. The van der Waals surface area contributed by atoms with Crippen molar-refractivity contribution < 1.29 is 17.9 Å². The summed E-state index contributed by atoms with van der Waals surface area (Å²) in [6, 6.07) is 4.52. The lowest BCUT2D eigenvalue weighted by Crippen LogP contribution is -2.29. The first-order valence-corrected chi connectivity index (χ1v) is 7.89. The second-order valence-electron chi connectivity index (χ2n) is 4.05. The van der Waals surface area contributed by atoms with Crippen LogP contribution in [0.25, 0.3) is 0 Å². The predicted octanol–water partition coefficient (Wildman–Crippen LogP) is 1.25. The highest BCUT2D eigenvalue weighted by Gasteiger charge is 2.15. The Hall–Kier alpha value is -1.78. The highest BCUT2D eigenvalue weighted by molar-refractivity contribution is 8.13. The fourth-order valence-electron chi connectivity index (χ4n) is 1.61. The maximum atomic E-state index is 11.3. The molecule has 0 heterocycles. The fourth-order valence-corrected chi connectivity index (χ4v) is 2.51. The van der Waals surface area contributed by atoms with Crippen LogP contribution in [0.4, 0.5) is 0 Å². The van der Waals surface area contributed by atoms with Crippen LogP contribution in [-0.2, 0) is 13.8 Å². The summed E-state index contributed by atoms with van der Waals surface area (Å²) in [5.41, 5.74) is 1.11. The Morgan fingerprint density at radius 2 is 1.95 bits per heavy atom. The number of halogens is 1. The Balaban J connectivity index is 2.88. The molecule has 20 heavy (non-hydrogen) atoms. The number of hydrogen-bond acceptors (Lipinski definition) is 5. The minimum atomic E-state index is -3.81. The van der Waals surface area contributed by atoms with Crippen molar-refractivity contribution in [3.05, 3.63) is 23.3 Å². The van der Waals surface area contributed by atoms with E-state index >= 15 is 0 Å². The first-order valence-electron chi connectivity index (χ1n) is 5.58. The third kappa shape index (κ3) is 4.40. The summed E-state index contributed by atoms with van der Waals surface area (Å²) in [6.07, 6.45) is 0. The minimum absolute atomic E-state index is 0.0181. The normalized spacial score (nSPS) is 10.7. The monoisotopic (exact) mass is 316 g/mol. The van der Waals surface area contributed by atoms with Crippen LogP contribution in [0.2, 0.25) is 0 Å². The summed E-state index contributed by atoms with van der Waals surface area (Å²) in [5.74, 6) is -0.0134. The average Bonchev–Trinajstić information content (AvgIpc) is 2.34. The number of nitriles is 1. The molecule has 0 spiro atoms. The number of nitrogens with one attached hydrogen (secondary N) is 1. The van der Waals surface area contributed by atoms with Gasteiger partial charge in [-0.05, 0) is 37.1 Å². The van der Waals surface area contributed by atoms with Crippen molar-refractivity contribution in [1.82, 2.24) is 5.32 Å². The maximum Gasteiger partial charge on any atom is 0.261 e. The van der Waals surface area contributed by atoms with Crippen molar-refractivity contribution in [3.8, 4) is 11.8 Å². The zero-order valence-electron chi connectivity index (χ0n) is 10.9. The molecular weight excluding hydrogens is 304 g/mol. The van der Waals surface area contributed by atoms with Gasteiger partial charge in [-0.25, -0.2) is 8.42 Å². The van der Waals surface area contributed by atoms with Crippen LogP contribution >= 0.6 is 10.7 Å². The molecule has 0 saturated heterocycles. The molecule has 8 heteroatoms. The van der Waals surface area contributed by atoms with E-state index in [1.165, 1.54) is 12.1 Å². The number of rotatable bonds is 5. The number of hydrogen-bond donors (Lipinski definition) is 1. The van der Waals surface area contributed by atoms with E-state index < -0.39 is 15.0 Å². The van der Waals surface area contributed by atoms with Gasteiger partial charge < -0.3 is 10.1 Å². The smallest absolute Gasteiger partial charge is 0.261 e. The van der Waals surface area contributed by atoms with E-state index in [-0.39, 0.29) is 18.0 Å². The maximum absolute atomic E-state index is 11.3. The molecule has 108 valence electrons. The van der Waals surface area contributed by atoms with Gasteiger partial charge in [0.15, 0.2) is 6.61 Å². The van der Waals surface area contributed by atoms with Gasteiger partial charge in [0.2, 0.25) is 0 Å². The van der Waals surface area contributed by atoms with E-state index in [1.807, 2.05) is 0 Å². The summed E-state index contributed by atoms with van der Waals surface area (Å²) < 4.78 is 27.9. The lowest BCUT2D eigenvalue weighted by Gasteiger charge is -2.12. The summed E-state index contributed by atoms with van der Waals surface area (Å²) in [6.45, 7) is 2.96. The van der Waals surface area contributed by atoms with Crippen LogP contribution in [0.3, 0.4) is 0 Å². The molecule has 1 rings (SSSR count). The lowest BCUT2D eigenvalue weighted by molar-refractivity contribution is -0.122. The Bertz CT molecular complexity index is 642. The standard InChI is InChI=1S/C12H13ClN2O4S/c1-8-5-10(20(13,17)18)6-9(2)12(8)19-7-11(16)15-4-3-14/h5-6H,4,7H2,1-2H3,(H,15,16). The van der Waals surface area contributed by atoms with Gasteiger partial charge in [0.25, 0.3) is 15.0 Å². The zero-order valence-corrected chi connectivity index (χ0v) is 12.5. The first-order chi connectivity index (χ1) is 9.25. The first kappa shape index (κ1) is 16.3. The number of amides is 1. The van der Waals surface area contributed by atoms with Crippen LogP contribution in [0.5, 0.6) is 5.75 Å². The molecule has 0 unspecified atom stereocenters. The van der Waals surface area contributed by atoms with Crippen molar-refractivity contribution >= 4 is 25.6 Å². The van der Waals surface area contributed by atoms with Gasteiger partial charge in [-0.1, -0.05) is 0 Å². The molecule has 1 aromatic rings. The molecule has 0 radical (unpaired) electrons. The highest BCUT2D eigenvalue weighted by Crippen LogP contribution is 2.28. The van der Waals surface area contributed by atoms with Crippen LogP contribution in [0.15, 0.2) is 17.0 Å². The Morgan fingerprint density at radius 1 is 1.40 bits per heavy atom. The molecule has 0 saturated carbocycles. The van der Waals surface area contributed by atoms with Crippen LogP contribution < -0.4 is 10.1 Å². The molecule has 0 bridgehead atoms. The minimum Gasteiger partial charge on any atom is -0.483 e. The van der Waals surface area contributed by atoms with E-state index in [4.69, 9.17) is 20.7 Å². The largest absolute Gasteiger partial charge is 0.483 e. The number of ether oxygens (including phenoxy) is 1. The van der Waals surface area contributed by atoms with E-state index in [0.29, 0.717) is 16.9 Å². The molecule has 6 nitrogen and oxygen atoms in total. The number of carbonyl (C=O) groups excluding carboxylic acids is 1. The third-order valence-corrected chi connectivity index (χ3v) is 3.76. The molecule has 1 N–H and O–H groups in total. The van der Waals surface area contributed by atoms with Gasteiger partial charge in [-0.2, -0.15) is 5.26 Å². The van der Waals surface area contributed by atoms with Crippen molar-refractivity contribution in [1.29, 1.82) is 5.26 Å². The van der Waals surface area contributed by atoms with Gasteiger partial charge in [-0.15, -0.1) is 0 Å². The lowest BCUT2D eigenvalue weighted by atomic mass is 10.1. The Kier molecular flexibility index (Phi) is 5.36. The van der Waals surface area contributed by atoms with E-state index in [9.17, 15) is 13.2 Å². The molecule has 0 aromatic heterocycles. The second-order valence-corrected chi connectivity index (χ2v) is 6.61. The molecule has 0 aliphatic heterocycles. The zero-order chi connectivity index (χ0) is 15.3. The molecule has 1 amide bonds. The number of benzene rings is 1. The van der Waals surface area contributed by atoms with E-state index in [0.717, 1.165) is 0 Å². The quantitative estimate of drug-likeness (QED) is 0.651. The van der Waals surface area contributed by atoms with Crippen molar-refractivity contribution in [2.75, 3.05) is 13.2 Å². The van der Waals surface area contributed by atoms with Crippen LogP contribution in [0, 0.1) is 25.2 Å². The molecule has 0 aliphatic carbocycles. The number of nitrogens with zero attached hydrogens (tertiary/aromatic N) is 1. The SMILES string of the molecule is Cc1cc(S(=O)(=O)Cl)cc(C)c1OCC(=O)NCC#N. The van der Waals surface area contributed by atoms with E-state index in [1.54, 1.807) is 19.9 Å².